The maximum atomic E-state index is 2.47. The Bertz CT molecular complexity index is 138. The Morgan fingerprint density at radius 1 is 1.64 bits per heavy atom. The van der Waals surface area contributed by atoms with Gasteiger partial charge in [0.25, 0.3) is 0 Å². The lowest BCUT2D eigenvalue weighted by molar-refractivity contribution is 0.317. The lowest BCUT2D eigenvalue weighted by atomic mass is 10.0. The Labute approximate surface area is 83.7 Å². The fourth-order valence-corrected chi connectivity index (χ4v) is 2.47. The van der Waals surface area contributed by atoms with Crippen LogP contribution in [0.3, 0.4) is 0 Å². The van der Waals surface area contributed by atoms with Crippen LogP contribution in [0.5, 0.6) is 0 Å². The molecule has 0 amide bonds. The van der Waals surface area contributed by atoms with Crippen LogP contribution in [0.15, 0.2) is 0 Å². The number of nitrogens with zero attached hydrogens (tertiary/aromatic N) is 1. The van der Waals surface area contributed by atoms with Crippen LogP contribution in [0.1, 0.15) is 33.1 Å². The maximum Gasteiger partial charge on any atom is 0.0505 e. The maximum absolute atomic E-state index is 2.47. The van der Waals surface area contributed by atoms with E-state index >= 15 is 0 Å². The highest BCUT2D eigenvalue weighted by Gasteiger charge is 2.50. The zero-order chi connectivity index (χ0) is 8.48. The van der Waals surface area contributed by atoms with Crippen LogP contribution in [0, 0.1) is 5.41 Å². The monoisotopic (exact) mass is 267 g/mol. The van der Waals surface area contributed by atoms with Gasteiger partial charge >= 0.3 is 0 Å². The van der Waals surface area contributed by atoms with Gasteiger partial charge in [-0.1, -0.05) is 42.9 Å². The molecule has 0 aromatic carbocycles. The van der Waals surface area contributed by atoms with Crippen molar-refractivity contribution < 1.29 is 0 Å². The van der Waals surface area contributed by atoms with Crippen LogP contribution in [-0.4, -0.2) is 22.5 Å². The number of hydrogen-bond acceptors (Lipinski definition) is 1. The van der Waals surface area contributed by atoms with Crippen molar-refractivity contribution >= 4 is 22.6 Å². The summed E-state index contributed by atoms with van der Waals surface area (Å²) in [6.07, 6.45) is 4.15. The molecule has 0 N–H and O–H groups in total. The molecule has 2 unspecified atom stereocenters. The lowest BCUT2D eigenvalue weighted by Crippen LogP contribution is -2.23. The van der Waals surface area contributed by atoms with E-state index in [1.807, 2.05) is 0 Å². The summed E-state index contributed by atoms with van der Waals surface area (Å²) in [5.74, 6) is 0. The van der Waals surface area contributed by atoms with Crippen LogP contribution in [-0.2, 0) is 0 Å². The first-order valence-electron chi connectivity index (χ1n) is 4.40. The highest BCUT2D eigenvalue weighted by molar-refractivity contribution is 14.1. The quantitative estimate of drug-likeness (QED) is 0.430. The molecule has 0 aliphatic heterocycles. The van der Waals surface area contributed by atoms with Gasteiger partial charge in [0.2, 0.25) is 0 Å². The van der Waals surface area contributed by atoms with E-state index in [9.17, 15) is 0 Å². The van der Waals surface area contributed by atoms with Gasteiger partial charge in [0.15, 0.2) is 0 Å². The van der Waals surface area contributed by atoms with E-state index in [0.29, 0.717) is 5.41 Å². The van der Waals surface area contributed by atoms with E-state index in [-0.39, 0.29) is 0 Å². The Balaban J connectivity index is 2.33. The van der Waals surface area contributed by atoms with Gasteiger partial charge in [-0.15, -0.1) is 0 Å². The molecule has 2 atom stereocenters. The van der Waals surface area contributed by atoms with Crippen molar-refractivity contribution in [3.8, 4) is 0 Å². The van der Waals surface area contributed by atoms with Gasteiger partial charge in [-0.05, 0) is 25.3 Å². The van der Waals surface area contributed by atoms with E-state index in [1.54, 1.807) is 0 Å². The summed E-state index contributed by atoms with van der Waals surface area (Å²) >= 11 is 2.44. The van der Waals surface area contributed by atoms with E-state index in [0.717, 1.165) is 6.04 Å². The van der Waals surface area contributed by atoms with Crippen molar-refractivity contribution in [1.82, 2.24) is 4.90 Å². The van der Waals surface area contributed by atoms with E-state index in [4.69, 9.17) is 0 Å². The fraction of sp³-hybridized carbons (Fsp3) is 1.00. The summed E-state index contributed by atoms with van der Waals surface area (Å²) in [4.78, 5) is 2.47. The zero-order valence-electron chi connectivity index (χ0n) is 7.73. The highest BCUT2D eigenvalue weighted by Crippen LogP contribution is 2.52. The Hall–Kier alpha value is 0.690. The van der Waals surface area contributed by atoms with Gasteiger partial charge < -0.3 is 0 Å². The van der Waals surface area contributed by atoms with Crippen LogP contribution < -0.4 is 0 Å². The third kappa shape index (κ3) is 2.08. The molecule has 0 saturated heterocycles. The molecule has 2 heteroatoms. The van der Waals surface area contributed by atoms with Crippen LogP contribution in [0.4, 0.5) is 0 Å². The molecule has 0 aromatic rings. The topological polar surface area (TPSA) is 3.24 Å². The van der Waals surface area contributed by atoms with Crippen molar-refractivity contribution in [2.24, 2.45) is 5.41 Å². The van der Waals surface area contributed by atoms with Crippen molar-refractivity contribution in [3.63, 3.8) is 0 Å². The minimum absolute atomic E-state index is 0.661. The predicted octanol–water partition coefficient (Wildman–Crippen LogP) is 2.89. The SMILES string of the molecule is CCCC1(C)CC1N(C)CI. The second kappa shape index (κ2) is 3.60. The first-order chi connectivity index (χ1) is 5.14. The van der Waals surface area contributed by atoms with E-state index in [2.05, 4.69) is 48.4 Å². The summed E-state index contributed by atoms with van der Waals surface area (Å²) in [5.41, 5.74) is 0.661. The minimum Gasteiger partial charge on any atom is -0.294 e. The fourth-order valence-electron chi connectivity index (χ4n) is 1.99. The van der Waals surface area contributed by atoms with Gasteiger partial charge in [-0.3, -0.25) is 4.90 Å². The number of alkyl halides is 1. The highest BCUT2D eigenvalue weighted by atomic mass is 127. The predicted molar refractivity (Wildman–Crippen MR) is 58.1 cm³/mol. The van der Waals surface area contributed by atoms with Crippen molar-refractivity contribution in [2.75, 3.05) is 11.6 Å². The molecule has 0 radical (unpaired) electrons. The van der Waals surface area contributed by atoms with Gasteiger partial charge in [-0.2, -0.15) is 0 Å². The Morgan fingerprint density at radius 3 is 2.73 bits per heavy atom. The minimum atomic E-state index is 0.661. The summed E-state index contributed by atoms with van der Waals surface area (Å²) in [7, 11) is 2.23. The summed E-state index contributed by atoms with van der Waals surface area (Å²) in [6, 6.07) is 0.874. The molecule has 1 nitrogen and oxygen atoms in total. The van der Waals surface area contributed by atoms with Gasteiger partial charge in [-0.25, -0.2) is 0 Å². The molecule has 0 spiro atoms. The molecular weight excluding hydrogens is 249 g/mol. The largest absolute Gasteiger partial charge is 0.294 e. The Morgan fingerprint density at radius 2 is 2.27 bits per heavy atom. The standard InChI is InChI=1S/C9H18IN/c1-4-5-9(2)6-8(9)11(3)7-10/h8H,4-7H2,1-3H3. The molecule has 1 saturated carbocycles. The van der Waals surface area contributed by atoms with Crippen molar-refractivity contribution in [1.29, 1.82) is 0 Å². The first-order valence-corrected chi connectivity index (χ1v) is 5.93. The van der Waals surface area contributed by atoms with E-state index in [1.165, 1.54) is 23.8 Å². The van der Waals surface area contributed by atoms with Gasteiger partial charge in [0.05, 0.1) is 4.55 Å². The molecule has 1 fully saturated rings. The summed E-state index contributed by atoms with van der Waals surface area (Å²) < 4.78 is 1.17. The molecule has 66 valence electrons. The van der Waals surface area contributed by atoms with Crippen LogP contribution in [0.25, 0.3) is 0 Å². The number of halogens is 1. The zero-order valence-corrected chi connectivity index (χ0v) is 9.89. The molecule has 11 heavy (non-hydrogen) atoms. The van der Waals surface area contributed by atoms with Crippen LogP contribution in [0.2, 0.25) is 0 Å². The smallest absolute Gasteiger partial charge is 0.0505 e. The second-order valence-electron chi connectivity index (χ2n) is 4.00. The van der Waals surface area contributed by atoms with Gasteiger partial charge in [0.1, 0.15) is 0 Å². The molecule has 1 aliphatic carbocycles. The van der Waals surface area contributed by atoms with Gasteiger partial charge in [0, 0.05) is 6.04 Å². The first kappa shape index (κ1) is 9.78. The molecule has 0 aromatic heterocycles. The summed E-state index contributed by atoms with van der Waals surface area (Å²) in [5, 5.41) is 0. The molecule has 1 aliphatic rings. The third-order valence-corrected chi connectivity index (χ3v) is 3.92. The second-order valence-corrected chi connectivity index (χ2v) is 4.68. The van der Waals surface area contributed by atoms with E-state index < -0.39 is 0 Å². The average molecular weight is 267 g/mol. The van der Waals surface area contributed by atoms with Crippen molar-refractivity contribution in [2.45, 2.75) is 39.2 Å². The van der Waals surface area contributed by atoms with Crippen molar-refractivity contribution in [3.05, 3.63) is 0 Å². The number of rotatable bonds is 4. The third-order valence-electron chi connectivity index (χ3n) is 2.85. The Kier molecular flexibility index (Phi) is 3.20. The molecule has 1 rings (SSSR count). The average Bonchev–Trinajstić information content (AvgIpc) is 2.62. The molecule has 0 bridgehead atoms. The lowest BCUT2D eigenvalue weighted by Gasteiger charge is -2.17. The van der Waals surface area contributed by atoms with Crippen LogP contribution >= 0.6 is 22.6 Å². The molecule has 0 heterocycles. The summed E-state index contributed by atoms with van der Waals surface area (Å²) in [6.45, 7) is 4.70. The normalized spacial score (nSPS) is 36.3. The molecular formula is C9H18IN. The number of hydrogen-bond donors (Lipinski definition) is 0.